The molecule has 5 heteroatoms. The summed E-state index contributed by atoms with van der Waals surface area (Å²) in [5.41, 5.74) is 11.5. The molecule has 4 nitrogen and oxygen atoms in total. The number of hydrogen-bond acceptors (Lipinski definition) is 5. The van der Waals surface area contributed by atoms with Gasteiger partial charge in [0.1, 0.15) is 11.2 Å². The largest absolute Gasteiger partial charge is 0.456 e. The first-order valence-corrected chi connectivity index (χ1v) is 19.5. The fourth-order valence-corrected chi connectivity index (χ4v) is 9.05. The van der Waals surface area contributed by atoms with E-state index in [-0.39, 0.29) is 0 Å². The van der Waals surface area contributed by atoms with Crippen molar-refractivity contribution in [3.63, 3.8) is 0 Å². The van der Waals surface area contributed by atoms with Gasteiger partial charge < -0.3 is 4.42 Å². The summed E-state index contributed by atoms with van der Waals surface area (Å²) in [4.78, 5) is 15.0. The van der Waals surface area contributed by atoms with Gasteiger partial charge in [-0.25, -0.2) is 15.0 Å². The van der Waals surface area contributed by atoms with Gasteiger partial charge in [0.25, 0.3) is 0 Å². The first-order valence-electron chi connectivity index (χ1n) is 18.7. The third-order valence-corrected chi connectivity index (χ3v) is 11.8. The van der Waals surface area contributed by atoms with Crippen molar-refractivity contribution in [3.05, 3.63) is 188 Å². The highest BCUT2D eigenvalue weighted by Crippen LogP contribution is 2.45. The number of nitrogens with zero attached hydrogens (tertiary/aromatic N) is 3. The van der Waals surface area contributed by atoms with Crippen LogP contribution in [-0.4, -0.2) is 15.0 Å². The van der Waals surface area contributed by atoms with Gasteiger partial charge in [-0.15, -0.1) is 11.3 Å². The van der Waals surface area contributed by atoms with Crippen LogP contribution in [0.5, 0.6) is 0 Å². The van der Waals surface area contributed by atoms with Gasteiger partial charge in [0.15, 0.2) is 17.5 Å². The van der Waals surface area contributed by atoms with Crippen molar-refractivity contribution in [2.75, 3.05) is 0 Å². The summed E-state index contributed by atoms with van der Waals surface area (Å²) in [5.74, 6) is 1.83. The molecule has 0 fully saturated rings. The van der Waals surface area contributed by atoms with E-state index < -0.39 is 0 Å². The minimum Gasteiger partial charge on any atom is -0.456 e. The van der Waals surface area contributed by atoms with Crippen LogP contribution >= 0.6 is 11.3 Å². The van der Waals surface area contributed by atoms with Crippen LogP contribution in [0.1, 0.15) is 0 Å². The van der Waals surface area contributed by atoms with Gasteiger partial charge in [0, 0.05) is 47.6 Å². The molecule has 0 amide bonds. The standard InChI is InChI=1S/C51H31N3OS/c1-4-12-32(13-5-1)33-20-22-36(23-21-33)50-52-49(35-16-8-3-9-17-35)53-51(54-50)38-24-26-41-43-30-37(25-29-44(43)55-45(41)31-38)39-27-28-40(34-14-6-2-7-15-34)48-47(39)42-18-10-11-19-46(42)56-48/h1-31H. The second kappa shape index (κ2) is 13.3. The molecule has 0 radical (unpaired) electrons. The summed E-state index contributed by atoms with van der Waals surface area (Å²) < 4.78 is 9.13. The lowest BCUT2D eigenvalue weighted by Gasteiger charge is -2.10. The Kier molecular flexibility index (Phi) is 7.64. The molecule has 8 aromatic carbocycles. The van der Waals surface area contributed by atoms with Crippen molar-refractivity contribution >= 4 is 53.4 Å². The van der Waals surface area contributed by atoms with Crippen LogP contribution in [0.3, 0.4) is 0 Å². The lowest BCUT2D eigenvalue weighted by Crippen LogP contribution is -2.00. The second-order valence-corrected chi connectivity index (χ2v) is 15.0. The number of furan rings is 1. The molecule has 0 spiro atoms. The van der Waals surface area contributed by atoms with E-state index in [1.807, 2.05) is 47.7 Å². The zero-order valence-corrected chi connectivity index (χ0v) is 30.9. The van der Waals surface area contributed by atoms with E-state index in [0.29, 0.717) is 17.5 Å². The Morgan fingerprint density at radius 3 is 1.61 bits per heavy atom. The molecule has 11 aromatic rings. The van der Waals surface area contributed by atoms with Gasteiger partial charge in [-0.05, 0) is 63.7 Å². The van der Waals surface area contributed by atoms with E-state index in [1.165, 1.54) is 42.4 Å². The van der Waals surface area contributed by atoms with Gasteiger partial charge in [0.2, 0.25) is 0 Å². The fourth-order valence-electron chi connectivity index (χ4n) is 7.79. The Labute approximate surface area is 327 Å². The quantitative estimate of drug-likeness (QED) is 0.171. The van der Waals surface area contributed by atoms with Gasteiger partial charge in [-0.2, -0.15) is 0 Å². The van der Waals surface area contributed by atoms with E-state index in [9.17, 15) is 0 Å². The monoisotopic (exact) mass is 733 g/mol. The lowest BCUT2D eigenvalue weighted by molar-refractivity contribution is 0.669. The topological polar surface area (TPSA) is 51.8 Å². The highest BCUT2D eigenvalue weighted by Gasteiger charge is 2.18. The SMILES string of the molecule is c1ccc(-c2ccc(-c3nc(-c4ccccc4)nc(-c4ccc5c(c4)oc4ccc(-c6ccc(-c7ccccc7)c7sc8ccccc8c67)cc45)n3)cc2)cc1. The summed E-state index contributed by atoms with van der Waals surface area (Å²) in [6.45, 7) is 0. The minimum atomic E-state index is 0.592. The Hall–Kier alpha value is -7.21. The minimum absolute atomic E-state index is 0.592. The number of hydrogen-bond donors (Lipinski definition) is 0. The zero-order chi connectivity index (χ0) is 37.0. The molecule has 0 saturated heterocycles. The third kappa shape index (κ3) is 5.56. The molecule has 0 atom stereocenters. The van der Waals surface area contributed by atoms with Gasteiger partial charge in [-0.3, -0.25) is 0 Å². The molecule has 0 bridgehead atoms. The van der Waals surface area contributed by atoms with E-state index in [2.05, 4.69) is 152 Å². The summed E-state index contributed by atoms with van der Waals surface area (Å²) >= 11 is 1.86. The van der Waals surface area contributed by atoms with Crippen molar-refractivity contribution < 1.29 is 4.42 Å². The zero-order valence-electron chi connectivity index (χ0n) is 30.1. The first kappa shape index (κ1) is 32.2. The molecular weight excluding hydrogens is 703 g/mol. The average molecular weight is 734 g/mol. The van der Waals surface area contributed by atoms with E-state index in [0.717, 1.165) is 49.8 Å². The predicted molar refractivity (Wildman–Crippen MR) is 233 cm³/mol. The van der Waals surface area contributed by atoms with Crippen molar-refractivity contribution in [2.45, 2.75) is 0 Å². The van der Waals surface area contributed by atoms with E-state index in [4.69, 9.17) is 19.4 Å². The Bertz CT molecular complexity index is 3230. The highest BCUT2D eigenvalue weighted by molar-refractivity contribution is 7.26. The van der Waals surface area contributed by atoms with Crippen LogP contribution in [-0.2, 0) is 0 Å². The summed E-state index contributed by atoms with van der Waals surface area (Å²) in [7, 11) is 0. The predicted octanol–water partition coefficient (Wildman–Crippen LogP) is 14.1. The van der Waals surface area contributed by atoms with Crippen LogP contribution in [0.4, 0.5) is 0 Å². The summed E-state index contributed by atoms with van der Waals surface area (Å²) in [5, 5.41) is 4.69. The van der Waals surface area contributed by atoms with Crippen molar-refractivity contribution in [2.24, 2.45) is 0 Å². The number of fused-ring (bicyclic) bond motifs is 6. The Balaban J connectivity index is 1.02. The molecule has 11 rings (SSSR count). The Morgan fingerprint density at radius 1 is 0.339 bits per heavy atom. The second-order valence-electron chi connectivity index (χ2n) is 14.0. The van der Waals surface area contributed by atoms with Gasteiger partial charge in [-0.1, -0.05) is 158 Å². The lowest BCUT2D eigenvalue weighted by atomic mass is 9.94. The molecule has 262 valence electrons. The van der Waals surface area contributed by atoms with Gasteiger partial charge in [0.05, 0.1) is 0 Å². The molecule has 0 aliphatic rings. The maximum Gasteiger partial charge on any atom is 0.164 e. The molecule has 0 unspecified atom stereocenters. The maximum absolute atomic E-state index is 6.54. The molecule has 0 aliphatic carbocycles. The molecule has 0 aliphatic heterocycles. The maximum atomic E-state index is 6.54. The van der Waals surface area contributed by atoms with Crippen LogP contribution in [0.2, 0.25) is 0 Å². The molecule has 0 N–H and O–H groups in total. The molecule has 3 aromatic heterocycles. The summed E-state index contributed by atoms with van der Waals surface area (Å²) in [6.07, 6.45) is 0. The molecular formula is C51H31N3OS. The average Bonchev–Trinajstić information content (AvgIpc) is 3.85. The number of aromatic nitrogens is 3. The van der Waals surface area contributed by atoms with E-state index in [1.54, 1.807) is 0 Å². The van der Waals surface area contributed by atoms with Crippen LogP contribution in [0, 0.1) is 0 Å². The smallest absolute Gasteiger partial charge is 0.164 e. The Morgan fingerprint density at radius 2 is 0.875 bits per heavy atom. The first-order chi connectivity index (χ1) is 27.7. The highest BCUT2D eigenvalue weighted by atomic mass is 32.1. The normalized spacial score (nSPS) is 11.6. The molecule has 3 heterocycles. The van der Waals surface area contributed by atoms with Crippen molar-refractivity contribution in [1.82, 2.24) is 15.0 Å². The third-order valence-electron chi connectivity index (χ3n) is 10.6. The number of rotatable bonds is 6. The van der Waals surface area contributed by atoms with Crippen molar-refractivity contribution in [3.8, 4) is 67.5 Å². The van der Waals surface area contributed by atoms with Gasteiger partial charge >= 0.3 is 0 Å². The summed E-state index contributed by atoms with van der Waals surface area (Å²) in [6, 6.07) is 65.7. The number of thiophene rings is 1. The van der Waals surface area contributed by atoms with Crippen molar-refractivity contribution in [1.29, 1.82) is 0 Å². The van der Waals surface area contributed by atoms with E-state index >= 15 is 0 Å². The molecule has 56 heavy (non-hydrogen) atoms. The van der Waals surface area contributed by atoms with Crippen LogP contribution < -0.4 is 0 Å². The fraction of sp³-hybridized carbons (Fsp3) is 0. The van der Waals surface area contributed by atoms with Crippen LogP contribution in [0.15, 0.2) is 192 Å². The van der Waals surface area contributed by atoms with Crippen LogP contribution in [0.25, 0.3) is 110 Å². The molecule has 0 saturated carbocycles. The number of benzene rings is 8.